The number of hydrogen-bond donors (Lipinski definition) is 0. The lowest BCUT2D eigenvalue weighted by Crippen LogP contribution is 0.845. The molecule has 128 valence electrons. The van der Waals surface area contributed by atoms with Crippen LogP contribution in [0.3, 0.4) is 0 Å². The molecule has 0 amide bonds. The van der Waals surface area contributed by atoms with Gasteiger partial charge in [0.25, 0.3) is 0 Å². The quantitative estimate of drug-likeness (QED) is 0.375. The van der Waals surface area contributed by atoms with Gasteiger partial charge >= 0.3 is 0 Å². The minimum absolute atomic E-state index is 0. The maximum absolute atomic E-state index is 0. The molecule has 0 radical (unpaired) electrons. The van der Waals surface area contributed by atoms with E-state index in [0.717, 1.165) is 0 Å². The minimum atomic E-state index is 0. The molecule has 0 bridgehead atoms. The SMILES string of the molecule is Br.P.P.P.P.P.P.P.P.P.P.P.P.P.P.P. The van der Waals surface area contributed by atoms with Gasteiger partial charge in [0.15, 0.2) is 0 Å². The lowest BCUT2D eigenvalue weighted by molar-refractivity contribution is 6.92. The molecule has 0 aliphatic carbocycles. The highest BCUT2D eigenvalue weighted by Gasteiger charge is -0.113. The second kappa shape index (κ2) is 200. The van der Waals surface area contributed by atoms with E-state index >= 15 is 0 Å². The molecule has 0 heterocycles. The van der Waals surface area contributed by atoms with Gasteiger partial charge in [-0.1, -0.05) is 0 Å². The van der Waals surface area contributed by atoms with Crippen LogP contribution in [0.2, 0.25) is 0 Å². The van der Waals surface area contributed by atoms with Crippen molar-refractivity contribution in [2.45, 2.75) is 0 Å². The summed E-state index contributed by atoms with van der Waals surface area (Å²) < 4.78 is 0. The van der Waals surface area contributed by atoms with Crippen LogP contribution in [0, 0.1) is 0 Å². The third kappa shape index (κ3) is 173. The highest BCUT2D eigenvalue weighted by atomic mass is 79.9. The highest BCUT2D eigenvalue weighted by Crippen LogP contribution is 0.876. The van der Waals surface area contributed by atoms with Crippen LogP contribution in [0.25, 0.3) is 0 Å². The normalized spacial score (nSPS) is 0. The van der Waals surface area contributed by atoms with Crippen LogP contribution in [0.15, 0.2) is 0 Å². The van der Waals surface area contributed by atoms with E-state index < -0.39 is 0 Å². The Morgan fingerprint density at radius 1 is 0.125 bits per heavy atom. The second-order valence-electron chi connectivity index (χ2n) is 0. The van der Waals surface area contributed by atoms with Gasteiger partial charge in [-0.25, -0.2) is 0 Å². The average molecular weight is 591 g/mol. The van der Waals surface area contributed by atoms with Gasteiger partial charge in [-0.15, -0.1) is 17.0 Å². The average Bonchev–Trinajstić information content (AvgIpc) is 0. The molecule has 0 spiro atoms. The first-order valence-electron chi connectivity index (χ1n) is 0. The van der Waals surface area contributed by atoms with Gasteiger partial charge in [0, 0.05) is 0 Å². The van der Waals surface area contributed by atoms with Crippen molar-refractivity contribution in [1.29, 1.82) is 0 Å². The zero-order chi connectivity index (χ0) is 0. The molecule has 0 saturated heterocycles. The van der Waals surface area contributed by atoms with E-state index in [1.165, 1.54) is 0 Å². The summed E-state index contributed by atoms with van der Waals surface area (Å²) in [7, 11) is 0. The molecule has 0 aliphatic rings. The maximum Gasteiger partial charge on any atom is -0.114 e. The van der Waals surface area contributed by atoms with Gasteiger partial charge in [0.1, 0.15) is 0 Å². The van der Waals surface area contributed by atoms with Crippen molar-refractivity contribution in [1.82, 2.24) is 0 Å². The Balaban J connectivity index is 0. The van der Waals surface area contributed by atoms with Crippen LogP contribution in [0.5, 0.6) is 0 Å². The lowest BCUT2D eigenvalue weighted by Gasteiger charge is -0.154. The van der Waals surface area contributed by atoms with Gasteiger partial charge < -0.3 is 0 Å². The molecule has 0 aromatic carbocycles. The van der Waals surface area contributed by atoms with Crippen molar-refractivity contribution in [3.8, 4) is 0 Å². The van der Waals surface area contributed by atoms with Gasteiger partial charge in [-0.3, -0.25) is 0 Å². The van der Waals surface area contributed by atoms with Crippen LogP contribution >= 0.6 is 165 Å². The number of halogens is 1. The van der Waals surface area contributed by atoms with Crippen molar-refractivity contribution in [3.05, 3.63) is 0 Å². The molecular formula is H46BrP15. The molecule has 0 aliphatic heterocycles. The van der Waals surface area contributed by atoms with Crippen LogP contribution in [-0.4, -0.2) is 0 Å². The summed E-state index contributed by atoms with van der Waals surface area (Å²) in [6.07, 6.45) is 0. The van der Waals surface area contributed by atoms with E-state index in [0.29, 0.717) is 0 Å². The van der Waals surface area contributed by atoms with E-state index in [2.05, 4.69) is 0 Å². The van der Waals surface area contributed by atoms with E-state index in [9.17, 15) is 0 Å². The Morgan fingerprint density at radius 3 is 0.125 bits per heavy atom. The minimum Gasteiger partial charge on any atom is -0.153 e. The Hall–Kier alpha value is 6.93. The van der Waals surface area contributed by atoms with E-state index in [1.54, 1.807) is 0 Å². The summed E-state index contributed by atoms with van der Waals surface area (Å²) in [5.74, 6) is 0. The first kappa shape index (κ1) is 230. The molecule has 15 atom stereocenters. The topological polar surface area (TPSA) is 0 Å². The van der Waals surface area contributed by atoms with Crippen LogP contribution in [0.1, 0.15) is 0 Å². The summed E-state index contributed by atoms with van der Waals surface area (Å²) in [5.41, 5.74) is 0. The summed E-state index contributed by atoms with van der Waals surface area (Å²) in [5, 5.41) is 0. The van der Waals surface area contributed by atoms with Crippen molar-refractivity contribution in [2.24, 2.45) is 0 Å². The van der Waals surface area contributed by atoms with Gasteiger partial charge in [0.2, 0.25) is 0 Å². The fourth-order valence-corrected chi connectivity index (χ4v) is 0. The fraction of sp³-hybridized carbons (Fsp3) is 0. The Kier molecular flexibility index (Phi) is 2870. The molecule has 16 heavy (non-hydrogen) atoms. The number of hydrogen-bond acceptors (Lipinski definition) is 0. The second-order valence-corrected chi connectivity index (χ2v) is 0. The zero-order valence-electron chi connectivity index (χ0n) is 11.0. The molecule has 0 aromatic rings. The predicted molar refractivity (Wildman–Crippen MR) is 177 cm³/mol. The molecule has 0 nitrogen and oxygen atoms in total. The highest BCUT2D eigenvalue weighted by molar-refractivity contribution is 8.93. The van der Waals surface area contributed by atoms with Crippen molar-refractivity contribution in [2.75, 3.05) is 0 Å². The summed E-state index contributed by atoms with van der Waals surface area (Å²) in [4.78, 5) is 0. The largest absolute Gasteiger partial charge is 0.153 e. The third-order valence-electron chi connectivity index (χ3n) is 0. The molecule has 0 saturated carbocycles. The third-order valence-corrected chi connectivity index (χ3v) is 0. The Bertz CT molecular complexity index is 5.40. The van der Waals surface area contributed by atoms with Crippen LogP contribution in [-0.2, 0) is 0 Å². The lowest BCUT2D eigenvalue weighted by atomic mass is 31.0. The molecule has 0 N–H and O–H groups in total. The Morgan fingerprint density at radius 2 is 0.125 bits per heavy atom. The maximum atomic E-state index is 0. The molecule has 0 rings (SSSR count). The van der Waals surface area contributed by atoms with Crippen LogP contribution in [0.4, 0.5) is 0 Å². The van der Waals surface area contributed by atoms with Crippen molar-refractivity contribution in [3.63, 3.8) is 0 Å². The number of rotatable bonds is 0. The zero-order valence-corrected chi connectivity index (χ0v) is 33.9. The molecule has 0 fully saturated rings. The summed E-state index contributed by atoms with van der Waals surface area (Å²) in [6, 6.07) is 0. The van der Waals surface area contributed by atoms with E-state index in [4.69, 9.17) is 0 Å². The standard InChI is InChI=1S/BrH.15H3P/h1H;15*1H3. The molecule has 16 heteroatoms. The van der Waals surface area contributed by atoms with Gasteiger partial charge in [-0.05, 0) is 0 Å². The predicted octanol–water partition coefficient (Wildman–Crippen LogP) is 1.45. The summed E-state index contributed by atoms with van der Waals surface area (Å²) in [6.45, 7) is 0. The molecular weight excluding hydrogens is 545 g/mol. The van der Waals surface area contributed by atoms with E-state index in [1.807, 2.05) is 0 Å². The fourth-order valence-electron chi connectivity index (χ4n) is 0. The van der Waals surface area contributed by atoms with Crippen molar-refractivity contribution < 1.29 is 0 Å². The van der Waals surface area contributed by atoms with Crippen LogP contribution < -0.4 is 0 Å². The van der Waals surface area contributed by atoms with Gasteiger partial charge in [-0.2, -0.15) is 148 Å². The summed E-state index contributed by atoms with van der Waals surface area (Å²) >= 11 is 0. The molecule has 15 unspecified atom stereocenters. The molecule has 0 aromatic heterocycles. The van der Waals surface area contributed by atoms with Gasteiger partial charge in [0.05, 0.1) is 0 Å². The Labute approximate surface area is 164 Å². The first-order valence-corrected chi connectivity index (χ1v) is 0. The van der Waals surface area contributed by atoms with E-state index in [-0.39, 0.29) is 165 Å². The monoisotopic (exact) mass is 590 g/mol. The van der Waals surface area contributed by atoms with Crippen molar-refractivity contribution >= 4 is 165 Å². The smallest absolute Gasteiger partial charge is 0.114 e. The first-order chi connectivity index (χ1) is 0.